The number of thioether (sulfide) groups is 1. The third kappa shape index (κ3) is 4.60. The fourth-order valence-electron chi connectivity index (χ4n) is 1.91. The van der Waals surface area contributed by atoms with E-state index < -0.39 is 0 Å². The molecule has 2 rings (SSSR count). The van der Waals surface area contributed by atoms with Crippen molar-refractivity contribution in [1.82, 2.24) is 5.32 Å². The molecule has 1 unspecified atom stereocenters. The van der Waals surface area contributed by atoms with Gasteiger partial charge in [0.2, 0.25) is 5.91 Å². The van der Waals surface area contributed by atoms with Crippen LogP contribution in [0.3, 0.4) is 0 Å². The van der Waals surface area contributed by atoms with E-state index in [4.69, 9.17) is 0 Å². The predicted molar refractivity (Wildman–Crippen MR) is 84.7 cm³/mol. The fraction of sp³-hybridized carbons (Fsp3) is 0.235. The first-order valence-electron chi connectivity index (χ1n) is 6.84. The van der Waals surface area contributed by atoms with E-state index in [9.17, 15) is 9.18 Å². The van der Waals surface area contributed by atoms with E-state index >= 15 is 0 Å². The second-order valence-corrected chi connectivity index (χ2v) is 6.20. The molecule has 2 nitrogen and oxygen atoms in total. The molecule has 0 saturated carbocycles. The quantitative estimate of drug-likeness (QED) is 0.839. The van der Waals surface area contributed by atoms with Gasteiger partial charge >= 0.3 is 0 Å². The summed E-state index contributed by atoms with van der Waals surface area (Å²) in [6.07, 6.45) is 0. The average molecular weight is 303 g/mol. The summed E-state index contributed by atoms with van der Waals surface area (Å²) in [6, 6.07) is 15.9. The molecule has 4 heteroatoms. The SMILES string of the molecule is CC(C)NC(=O)C(Sc1ccc(F)cc1)c1ccccc1. The number of hydrogen-bond acceptors (Lipinski definition) is 2. The lowest BCUT2D eigenvalue weighted by Crippen LogP contribution is -2.33. The molecule has 0 spiro atoms. The lowest BCUT2D eigenvalue weighted by Gasteiger charge is -2.18. The normalized spacial score (nSPS) is 12.2. The molecule has 1 N–H and O–H groups in total. The van der Waals surface area contributed by atoms with Gasteiger partial charge in [-0.25, -0.2) is 4.39 Å². The van der Waals surface area contributed by atoms with E-state index in [2.05, 4.69) is 5.32 Å². The second kappa shape index (κ2) is 7.27. The highest BCUT2D eigenvalue weighted by Gasteiger charge is 2.22. The summed E-state index contributed by atoms with van der Waals surface area (Å²) < 4.78 is 13.0. The van der Waals surface area contributed by atoms with E-state index in [1.54, 1.807) is 12.1 Å². The number of hydrogen-bond donors (Lipinski definition) is 1. The third-order valence-corrected chi connectivity index (χ3v) is 4.11. The van der Waals surface area contributed by atoms with Crippen LogP contribution in [0.15, 0.2) is 59.5 Å². The van der Waals surface area contributed by atoms with Crippen molar-refractivity contribution in [3.05, 3.63) is 66.0 Å². The Bertz CT molecular complexity index is 583. The Labute approximate surface area is 128 Å². The van der Waals surface area contributed by atoms with Crippen LogP contribution in [-0.2, 0) is 4.79 Å². The minimum atomic E-state index is -0.348. The molecule has 2 aromatic carbocycles. The number of nitrogens with one attached hydrogen (secondary N) is 1. The van der Waals surface area contributed by atoms with Crippen LogP contribution in [0.1, 0.15) is 24.7 Å². The number of rotatable bonds is 5. The maximum atomic E-state index is 13.0. The first-order valence-corrected chi connectivity index (χ1v) is 7.72. The molecule has 0 aromatic heterocycles. The van der Waals surface area contributed by atoms with E-state index in [0.29, 0.717) is 0 Å². The van der Waals surface area contributed by atoms with Crippen molar-refractivity contribution in [2.45, 2.75) is 30.0 Å². The van der Waals surface area contributed by atoms with Crippen LogP contribution in [0.25, 0.3) is 0 Å². The summed E-state index contributed by atoms with van der Waals surface area (Å²) in [6.45, 7) is 3.87. The smallest absolute Gasteiger partial charge is 0.238 e. The van der Waals surface area contributed by atoms with Gasteiger partial charge in [0, 0.05) is 10.9 Å². The van der Waals surface area contributed by atoms with Gasteiger partial charge in [-0.2, -0.15) is 0 Å². The highest BCUT2D eigenvalue weighted by Crippen LogP contribution is 2.35. The average Bonchev–Trinajstić information content (AvgIpc) is 2.46. The standard InChI is InChI=1S/C17H18FNOS/c1-12(2)19-17(20)16(13-6-4-3-5-7-13)21-15-10-8-14(18)9-11-15/h3-12,16H,1-2H3,(H,19,20). The molecule has 0 radical (unpaired) electrons. The summed E-state index contributed by atoms with van der Waals surface area (Å²) in [5.74, 6) is -0.312. The zero-order chi connectivity index (χ0) is 15.2. The topological polar surface area (TPSA) is 29.1 Å². The van der Waals surface area contributed by atoms with Gasteiger partial charge < -0.3 is 5.32 Å². The summed E-state index contributed by atoms with van der Waals surface area (Å²) in [5, 5.41) is 2.59. The first kappa shape index (κ1) is 15.6. The van der Waals surface area contributed by atoms with E-state index in [1.165, 1.54) is 23.9 Å². The Morgan fingerprint density at radius 2 is 1.67 bits per heavy atom. The lowest BCUT2D eigenvalue weighted by molar-refractivity contribution is -0.121. The molecular weight excluding hydrogens is 285 g/mol. The molecule has 0 aliphatic rings. The molecule has 0 aliphatic heterocycles. The van der Waals surface area contributed by atoms with Gasteiger partial charge in [-0.15, -0.1) is 11.8 Å². The Balaban J connectivity index is 2.23. The van der Waals surface area contributed by atoms with Crippen molar-refractivity contribution in [3.8, 4) is 0 Å². The Kier molecular flexibility index (Phi) is 5.39. The molecule has 1 amide bonds. The molecule has 0 bridgehead atoms. The fourth-order valence-corrected chi connectivity index (χ4v) is 2.94. The van der Waals surface area contributed by atoms with Crippen molar-refractivity contribution in [2.75, 3.05) is 0 Å². The number of carbonyl (C=O) groups excluding carboxylic acids is 1. The van der Waals surface area contributed by atoms with Gasteiger partial charge in [0.15, 0.2) is 0 Å². The Morgan fingerprint density at radius 1 is 1.05 bits per heavy atom. The number of halogens is 1. The van der Waals surface area contributed by atoms with Crippen LogP contribution in [0, 0.1) is 5.82 Å². The highest BCUT2D eigenvalue weighted by atomic mass is 32.2. The van der Waals surface area contributed by atoms with Crippen LogP contribution >= 0.6 is 11.8 Å². The minimum Gasteiger partial charge on any atom is -0.353 e. The summed E-state index contributed by atoms with van der Waals surface area (Å²) in [4.78, 5) is 13.3. The van der Waals surface area contributed by atoms with Crippen molar-refractivity contribution in [3.63, 3.8) is 0 Å². The van der Waals surface area contributed by atoms with Crippen LogP contribution in [0.4, 0.5) is 4.39 Å². The largest absolute Gasteiger partial charge is 0.353 e. The van der Waals surface area contributed by atoms with E-state index in [0.717, 1.165) is 10.5 Å². The number of carbonyl (C=O) groups is 1. The third-order valence-electron chi connectivity index (χ3n) is 2.84. The van der Waals surface area contributed by atoms with Crippen LogP contribution in [0.2, 0.25) is 0 Å². The highest BCUT2D eigenvalue weighted by molar-refractivity contribution is 8.00. The van der Waals surface area contributed by atoms with Gasteiger partial charge in [-0.3, -0.25) is 4.79 Å². The second-order valence-electron chi connectivity index (χ2n) is 5.03. The molecule has 2 aromatic rings. The summed E-state index contributed by atoms with van der Waals surface area (Å²) >= 11 is 1.42. The lowest BCUT2D eigenvalue weighted by atomic mass is 10.1. The first-order chi connectivity index (χ1) is 10.1. The maximum absolute atomic E-state index is 13.0. The van der Waals surface area contributed by atoms with Crippen molar-refractivity contribution in [2.24, 2.45) is 0 Å². The molecule has 21 heavy (non-hydrogen) atoms. The predicted octanol–water partition coefficient (Wildman–Crippen LogP) is 4.18. The molecular formula is C17H18FNOS. The maximum Gasteiger partial charge on any atom is 0.238 e. The summed E-state index contributed by atoms with van der Waals surface area (Å²) in [7, 11) is 0. The monoisotopic (exact) mass is 303 g/mol. The number of benzene rings is 2. The molecule has 0 fully saturated rings. The van der Waals surface area contributed by atoms with Crippen molar-refractivity contribution >= 4 is 17.7 Å². The molecule has 110 valence electrons. The zero-order valence-corrected chi connectivity index (χ0v) is 12.9. The molecule has 0 heterocycles. The molecule has 1 atom stereocenters. The summed E-state index contributed by atoms with van der Waals surface area (Å²) in [5.41, 5.74) is 0.935. The van der Waals surface area contributed by atoms with E-state index in [-0.39, 0.29) is 23.0 Å². The van der Waals surface area contributed by atoms with Gasteiger partial charge in [-0.1, -0.05) is 30.3 Å². The van der Waals surface area contributed by atoms with Gasteiger partial charge in [-0.05, 0) is 43.7 Å². The van der Waals surface area contributed by atoms with Crippen LogP contribution in [0.5, 0.6) is 0 Å². The van der Waals surface area contributed by atoms with Gasteiger partial charge in [0.1, 0.15) is 11.1 Å². The van der Waals surface area contributed by atoms with Crippen LogP contribution < -0.4 is 5.32 Å². The zero-order valence-electron chi connectivity index (χ0n) is 12.0. The van der Waals surface area contributed by atoms with Crippen molar-refractivity contribution < 1.29 is 9.18 Å². The van der Waals surface area contributed by atoms with Crippen LogP contribution in [-0.4, -0.2) is 11.9 Å². The van der Waals surface area contributed by atoms with Gasteiger partial charge in [0.25, 0.3) is 0 Å². The van der Waals surface area contributed by atoms with E-state index in [1.807, 2.05) is 44.2 Å². The minimum absolute atomic E-state index is 0.0366. The molecule has 0 aliphatic carbocycles. The van der Waals surface area contributed by atoms with Gasteiger partial charge in [0.05, 0.1) is 0 Å². The van der Waals surface area contributed by atoms with Crippen molar-refractivity contribution in [1.29, 1.82) is 0 Å². The Morgan fingerprint density at radius 3 is 2.24 bits per heavy atom. The molecule has 0 saturated heterocycles. The Hall–Kier alpha value is -1.81. The number of amides is 1.